The molecule has 154 valence electrons. The van der Waals surface area contributed by atoms with Crippen molar-refractivity contribution in [2.75, 3.05) is 0 Å². The van der Waals surface area contributed by atoms with Gasteiger partial charge in [-0.05, 0) is 31.5 Å². The van der Waals surface area contributed by atoms with Crippen LogP contribution in [-0.2, 0) is 22.7 Å². The second-order valence-corrected chi connectivity index (χ2v) is 8.22. The van der Waals surface area contributed by atoms with Crippen molar-refractivity contribution in [2.45, 2.75) is 33.4 Å². The van der Waals surface area contributed by atoms with E-state index in [0.29, 0.717) is 20.8 Å². The monoisotopic (exact) mass is 444 g/mol. The Morgan fingerprint density at radius 2 is 2.10 bits per heavy atom. The fourth-order valence-electron chi connectivity index (χ4n) is 2.91. The van der Waals surface area contributed by atoms with Gasteiger partial charge in [0.25, 0.3) is 11.4 Å². The van der Waals surface area contributed by atoms with Crippen LogP contribution in [0.2, 0.25) is 5.02 Å². The number of nitrogens with zero attached hydrogens (tertiary/aromatic N) is 4. The van der Waals surface area contributed by atoms with Crippen molar-refractivity contribution in [3.8, 4) is 11.5 Å². The maximum Gasteiger partial charge on any atom is 0.308 e. The lowest BCUT2D eigenvalue weighted by molar-refractivity contribution is -0.145. The summed E-state index contributed by atoms with van der Waals surface area (Å²) in [6.07, 6.45) is 1.48. The Bertz CT molecular complexity index is 1290. The lowest BCUT2D eigenvalue weighted by Gasteiger charge is -2.05. The number of hydrogen-bond acceptors (Lipinski definition) is 8. The second kappa shape index (κ2) is 8.37. The van der Waals surface area contributed by atoms with Crippen LogP contribution in [0.4, 0.5) is 0 Å². The van der Waals surface area contributed by atoms with E-state index in [4.69, 9.17) is 20.9 Å². The molecule has 1 aromatic carbocycles. The zero-order valence-corrected chi connectivity index (χ0v) is 17.8. The Morgan fingerprint density at radius 1 is 1.30 bits per heavy atom. The summed E-state index contributed by atoms with van der Waals surface area (Å²) < 4.78 is 11.8. The summed E-state index contributed by atoms with van der Waals surface area (Å²) in [5, 5.41) is 4.89. The van der Waals surface area contributed by atoms with Gasteiger partial charge in [-0.15, -0.1) is 11.3 Å². The summed E-state index contributed by atoms with van der Waals surface area (Å²) in [7, 11) is 0. The Kier molecular flexibility index (Phi) is 5.65. The van der Waals surface area contributed by atoms with Crippen molar-refractivity contribution in [3.05, 3.63) is 62.2 Å². The molecule has 0 fully saturated rings. The number of fused-ring (bicyclic) bond motifs is 1. The fourth-order valence-corrected chi connectivity index (χ4v) is 4.12. The zero-order chi connectivity index (χ0) is 21.3. The lowest BCUT2D eigenvalue weighted by atomic mass is 10.2. The molecule has 4 aromatic rings. The van der Waals surface area contributed by atoms with Crippen LogP contribution in [0.1, 0.15) is 22.7 Å². The third kappa shape index (κ3) is 3.99. The van der Waals surface area contributed by atoms with Gasteiger partial charge in [0.1, 0.15) is 4.83 Å². The highest BCUT2D eigenvalue weighted by atomic mass is 35.5. The molecule has 0 aliphatic carbocycles. The van der Waals surface area contributed by atoms with Crippen LogP contribution in [0.25, 0.3) is 21.7 Å². The van der Waals surface area contributed by atoms with E-state index in [9.17, 15) is 9.59 Å². The number of halogens is 1. The number of benzene rings is 1. The fraction of sp³-hybridized carbons (Fsp3) is 0.250. The van der Waals surface area contributed by atoms with Gasteiger partial charge in [-0.2, -0.15) is 4.98 Å². The predicted molar refractivity (Wildman–Crippen MR) is 113 cm³/mol. The van der Waals surface area contributed by atoms with Crippen molar-refractivity contribution in [3.63, 3.8) is 0 Å². The summed E-state index contributed by atoms with van der Waals surface area (Å²) in [6, 6.07) is 7.07. The third-order valence-electron chi connectivity index (χ3n) is 4.65. The van der Waals surface area contributed by atoms with Crippen LogP contribution >= 0.6 is 22.9 Å². The van der Waals surface area contributed by atoms with Crippen LogP contribution in [0.15, 0.2) is 39.9 Å². The van der Waals surface area contributed by atoms with Crippen molar-refractivity contribution >= 4 is 39.1 Å². The Morgan fingerprint density at radius 3 is 2.90 bits per heavy atom. The van der Waals surface area contributed by atoms with Gasteiger partial charge in [0.2, 0.25) is 5.82 Å². The number of rotatable bonds is 6. The molecule has 0 aliphatic rings. The summed E-state index contributed by atoms with van der Waals surface area (Å²) in [5.74, 6) is -0.00814. The third-order valence-corrected chi connectivity index (χ3v) is 6.09. The van der Waals surface area contributed by atoms with Gasteiger partial charge in [-0.1, -0.05) is 28.9 Å². The van der Waals surface area contributed by atoms with Gasteiger partial charge in [0, 0.05) is 11.4 Å². The van der Waals surface area contributed by atoms with Crippen molar-refractivity contribution < 1.29 is 14.1 Å². The molecule has 3 aromatic heterocycles. The van der Waals surface area contributed by atoms with Gasteiger partial charge < -0.3 is 9.26 Å². The minimum absolute atomic E-state index is 0.0183. The molecule has 30 heavy (non-hydrogen) atoms. The second-order valence-electron chi connectivity index (χ2n) is 6.61. The molecular weight excluding hydrogens is 428 g/mol. The molecule has 0 spiro atoms. The number of ether oxygens (including phenoxy) is 1. The minimum atomic E-state index is -0.482. The molecule has 3 heterocycles. The zero-order valence-electron chi connectivity index (χ0n) is 16.2. The van der Waals surface area contributed by atoms with Gasteiger partial charge in [0.15, 0.2) is 6.61 Å². The Hall–Kier alpha value is -3.04. The standard InChI is InChI=1S/C20H17ClN4O4S/c1-11-12(2)30-19-17(11)20(27)25(10-22-19)8-7-16(26)28-9-15-23-18(29-24-15)13-5-3-4-6-14(13)21/h3-6,10H,7-9H2,1-2H3. The number of carbonyl (C=O) groups is 1. The van der Waals surface area contributed by atoms with Gasteiger partial charge in [-0.25, -0.2) is 4.98 Å². The number of aryl methyl sites for hydroxylation is 3. The normalized spacial score (nSPS) is 11.2. The van der Waals surface area contributed by atoms with Crippen molar-refractivity contribution in [2.24, 2.45) is 0 Å². The molecule has 0 atom stereocenters. The molecule has 10 heteroatoms. The number of carbonyl (C=O) groups excluding carboxylic acids is 1. The van der Waals surface area contributed by atoms with Crippen LogP contribution in [0, 0.1) is 13.8 Å². The average Bonchev–Trinajstić information content (AvgIpc) is 3.31. The highest BCUT2D eigenvalue weighted by molar-refractivity contribution is 7.18. The first-order valence-electron chi connectivity index (χ1n) is 9.12. The molecule has 0 aliphatic heterocycles. The Balaban J connectivity index is 1.37. The number of thiophene rings is 1. The van der Waals surface area contributed by atoms with Crippen LogP contribution in [-0.4, -0.2) is 25.7 Å². The first-order valence-corrected chi connectivity index (χ1v) is 10.3. The first kappa shape index (κ1) is 20.2. The van der Waals surface area contributed by atoms with Crippen molar-refractivity contribution in [1.29, 1.82) is 0 Å². The van der Waals surface area contributed by atoms with E-state index >= 15 is 0 Å². The predicted octanol–water partition coefficient (Wildman–Crippen LogP) is 3.91. The largest absolute Gasteiger partial charge is 0.457 e. The smallest absolute Gasteiger partial charge is 0.308 e. The molecule has 0 radical (unpaired) electrons. The van der Waals surface area contributed by atoms with Gasteiger partial charge >= 0.3 is 5.97 Å². The van der Waals surface area contributed by atoms with E-state index in [1.165, 1.54) is 22.2 Å². The maximum absolute atomic E-state index is 12.7. The van der Waals surface area contributed by atoms with E-state index in [-0.39, 0.29) is 36.8 Å². The topological polar surface area (TPSA) is 100 Å². The molecule has 0 saturated heterocycles. The van der Waals surface area contributed by atoms with Gasteiger partial charge in [-0.3, -0.25) is 14.2 Å². The van der Waals surface area contributed by atoms with E-state index in [1.54, 1.807) is 24.3 Å². The SMILES string of the molecule is Cc1sc2ncn(CCC(=O)OCc3noc(-c4ccccc4Cl)n3)c(=O)c2c1C. The van der Waals surface area contributed by atoms with Crippen LogP contribution < -0.4 is 5.56 Å². The lowest BCUT2D eigenvalue weighted by Crippen LogP contribution is -2.22. The van der Waals surface area contributed by atoms with E-state index in [0.717, 1.165) is 10.4 Å². The van der Waals surface area contributed by atoms with Crippen LogP contribution in [0.5, 0.6) is 0 Å². The highest BCUT2D eigenvalue weighted by Crippen LogP contribution is 2.26. The van der Waals surface area contributed by atoms with E-state index in [2.05, 4.69) is 15.1 Å². The Labute approximate surface area is 180 Å². The molecule has 4 rings (SSSR count). The maximum atomic E-state index is 12.7. The summed E-state index contributed by atoms with van der Waals surface area (Å²) in [6.45, 7) is 3.89. The molecule has 0 N–H and O–H groups in total. The summed E-state index contributed by atoms with van der Waals surface area (Å²) >= 11 is 7.60. The molecule has 0 amide bonds. The quantitative estimate of drug-likeness (QED) is 0.415. The minimum Gasteiger partial charge on any atom is -0.457 e. The van der Waals surface area contributed by atoms with E-state index < -0.39 is 5.97 Å². The average molecular weight is 445 g/mol. The van der Waals surface area contributed by atoms with E-state index in [1.807, 2.05) is 13.8 Å². The van der Waals surface area contributed by atoms with Gasteiger partial charge in [0.05, 0.1) is 28.7 Å². The molecule has 0 bridgehead atoms. The first-order chi connectivity index (χ1) is 14.4. The molecular formula is C20H17ClN4O4S. The van der Waals surface area contributed by atoms with Crippen LogP contribution in [0.3, 0.4) is 0 Å². The number of esters is 1. The molecule has 8 nitrogen and oxygen atoms in total. The number of aromatic nitrogens is 4. The summed E-state index contributed by atoms with van der Waals surface area (Å²) in [4.78, 5) is 35.0. The molecule has 0 unspecified atom stereocenters. The highest BCUT2D eigenvalue weighted by Gasteiger charge is 2.15. The summed E-state index contributed by atoms with van der Waals surface area (Å²) in [5.41, 5.74) is 1.37. The van der Waals surface area contributed by atoms with Crippen molar-refractivity contribution in [1.82, 2.24) is 19.7 Å². The number of hydrogen-bond donors (Lipinski definition) is 0. The molecule has 0 saturated carbocycles.